The lowest BCUT2D eigenvalue weighted by molar-refractivity contribution is -0.384. The summed E-state index contributed by atoms with van der Waals surface area (Å²) >= 11 is 5.06. The van der Waals surface area contributed by atoms with Gasteiger partial charge in [-0.05, 0) is 44.6 Å². The average Bonchev–Trinajstić information content (AvgIpc) is 2.94. The number of hydrogen-bond acceptors (Lipinski definition) is 7. The second-order valence-electron chi connectivity index (χ2n) is 6.83. The molecule has 2 heterocycles. The third-order valence-corrected chi connectivity index (χ3v) is 4.91. The average molecular weight is 391 g/mol. The van der Waals surface area contributed by atoms with Crippen LogP contribution in [0.4, 0.5) is 11.4 Å². The van der Waals surface area contributed by atoms with Crippen LogP contribution in [-0.2, 0) is 14.4 Å². The van der Waals surface area contributed by atoms with Crippen LogP contribution in [0, 0.1) is 17.0 Å². The van der Waals surface area contributed by atoms with Gasteiger partial charge in [-0.3, -0.25) is 29.8 Å². The minimum absolute atomic E-state index is 0.0638. The van der Waals surface area contributed by atoms with Gasteiger partial charge < -0.3 is 5.32 Å². The summed E-state index contributed by atoms with van der Waals surface area (Å²) in [7, 11) is 0. The molecule has 3 rings (SSSR count). The largest absolute Gasteiger partial charge is 0.324 e. The zero-order chi connectivity index (χ0) is 20.1. The number of rotatable bonds is 3. The Morgan fingerprint density at radius 2 is 2.07 bits per heavy atom. The van der Waals surface area contributed by atoms with E-state index in [0.717, 1.165) is 5.01 Å². The van der Waals surface area contributed by atoms with Crippen LogP contribution in [0.3, 0.4) is 0 Å². The van der Waals surface area contributed by atoms with Gasteiger partial charge in [0.1, 0.15) is 11.6 Å². The number of thiocarbonyl (C=S) groups is 1. The van der Waals surface area contributed by atoms with Gasteiger partial charge in [0, 0.05) is 17.8 Å². The summed E-state index contributed by atoms with van der Waals surface area (Å²) in [5.41, 5.74) is -0.365. The topological polar surface area (TPSA) is 125 Å². The maximum atomic E-state index is 12.8. The molecule has 0 spiro atoms. The Morgan fingerprint density at radius 1 is 1.41 bits per heavy atom. The first-order chi connectivity index (χ1) is 12.5. The molecule has 2 N–H and O–H groups in total. The maximum absolute atomic E-state index is 12.8. The molecule has 0 radical (unpaired) electrons. The number of non-ortho nitro benzene ring substituents is 1. The molecule has 10 nitrogen and oxygen atoms in total. The number of hydrogen-bond donors (Lipinski definition) is 2. The fourth-order valence-electron chi connectivity index (χ4n) is 3.18. The lowest BCUT2D eigenvalue weighted by Gasteiger charge is -2.45. The van der Waals surface area contributed by atoms with Crippen LogP contribution in [0.1, 0.15) is 25.8 Å². The Balaban J connectivity index is 1.89. The van der Waals surface area contributed by atoms with E-state index < -0.39 is 34.2 Å². The van der Waals surface area contributed by atoms with Crippen molar-refractivity contribution in [2.24, 2.45) is 0 Å². The van der Waals surface area contributed by atoms with Crippen LogP contribution in [0.2, 0.25) is 0 Å². The number of nitro groups is 1. The van der Waals surface area contributed by atoms with Gasteiger partial charge in [0.25, 0.3) is 5.69 Å². The van der Waals surface area contributed by atoms with E-state index in [2.05, 4.69) is 10.6 Å². The SMILES string of the molecule is Cc1cc([N+](=O)[O-])ccc1NC(=O)[C@@H]1CC(=O)N2C(=S)NC(=O)C(C)(C)N12. The molecule has 0 bridgehead atoms. The smallest absolute Gasteiger partial charge is 0.269 e. The number of carbonyl (C=O) groups excluding carboxylic acids is 3. The highest BCUT2D eigenvalue weighted by molar-refractivity contribution is 7.80. The zero-order valence-electron chi connectivity index (χ0n) is 14.8. The molecule has 27 heavy (non-hydrogen) atoms. The molecular weight excluding hydrogens is 374 g/mol. The summed E-state index contributed by atoms with van der Waals surface area (Å²) in [4.78, 5) is 47.8. The van der Waals surface area contributed by atoms with E-state index in [-0.39, 0.29) is 17.2 Å². The number of hydrazine groups is 1. The van der Waals surface area contributed by atoms with E-state index in [1.807, 2.05) is 0 Å². The van der Waals surface area contributed by atoms with Crippen LogP contribution in [0.25, 0.3) is 0 Å². The van der Waals surface area contributed by atoms with Crippen molar-refractivity contribution in [1.82, 2.24) is 15.3 Å². The number of amides is 3. The van der Waals surface area contributed by atoms with Crippen LogP contribution >= 0.6 is 12.2 Å². The highest BCUT2D eigenvalue weighted by atomic mass is 32.1. The monoisotopic (exact) mass is 391 g/mol. The predicted molar refractivity (Wildman–Crippen MR) is 98.4 cm³/mol. The number of benzene rings is 1. The first-order valence-electron chi connectivity index (χ1n) is 8.07. The fourth-order valence-corrected chi connectivity index (χ4v) is 3.46. The molecule has 1 aromatic carbocycles. The molecule has 0 aliphatic carbocycles. The molecule has 0 saturated carbocycles. The second-order valence-corrected chi connectivity index (χ2v) is 7.22. The van der Waals surface area contributed by atoms with E-state index in [9.17, 15) is 24.5 Å². The summed E-state index contributed by atoms with van der Waals surface area (Å²) in [6.07, 6.45) is -0.142. The molecule has 2 aliphatic heterocycles. The highest BCUT2D eigenvalue weighted by Crippen LogP contribution is 2.33. The first-order valence-corrected chi connectivity index (χ1v) is 8.48. The van der Waals surface area contributed by atoms with Crippen LogP contribution in [0.5, 0.6) is 0 Å². The van der Waals surface area contributed by atoms with E-state index in [4.69, 9.17) is 12.2 Å². The predicted octanol–water partition coefficient (Wildman–Crippen LogP) is 0.853. The molecular formula is C16H17N5O5S. The van der Waals surface area contributed by atoms with Crippen LogP contribution in [-0.4, -0.2) is 49.4 Å². The lowest BCUT2D eigenvalue weighted by Crippen LogP contribution is -2.71. The van der Waals surface area contributed by atoms with Crippen molar-refractivity contribution >= 4 is 46.4 Å². The Hall–Kier alpha value is -2.92. The molecule has 2 saturated heterocycles. The number of anilines is 1. The molecule has 2 fully saturated rings. The van der Waals surface area contributed by atoms with Gasteiger partial charge in [-0.1, -0.05) is 0 Å². The Bertz CT molecular complexity index is 899. The third kappa shape index (κ3) is 3.04. The van der Waals surface area contributed by atoms with Crippen molar-refractivity contribution in [3.05, 3.63) is 33.9 Å². The number of nitro benzene ring substituents is 1. The van der Waals surface area contributed by atoms with Gasteiger partial charge >= 0.3 is 0 Å². The van der Waals surface area contributed by atoms with Crippen molar-refractivity contribution in [2.45, 2.75) is 38.8 Å². The van der Waals surface area contributed by atoms with Gasteiger partial charge in [0.2, 0.25) is 17.7 Å². The van der Waals surface area contributed by atoms with Gasteiger partial charge in [-0.15, -0.1) is 0 Å². The molecule has 1 atom stereocenters. The molecule has 2 aliphatic rings. The van der Waals surface area contributed by atoms with Crippen molar-refractivity contribution in [1.29, 1.82) is 0 Å². The molecule has 0 unspecified atom stereocenters. The number of fused-ring (bicyclic) bond motifs is 1. The standard InChI is InChI=1S/C16H17N5O5S/c1-8-6-9(21(25)26)4-5-10(8)17-13(23)11-7-12(22)19-15(27)18-14(24)16(2,3)20(11)19/h4-6,11H,7H2,1-3H3,(H,17,23)(H,18,24,27)/t11-/m0/s1. The first kappa shape index (κ1) is 18.9. The van der Waals surface area contributed by atoms with E-state index in [1.165, 1.54) is 23.2 Å². The molecule has 3 amide bonds. The zero-order valence-corrected chi connectivity index (χ0v) is 15.6. The summed E-state index contributed by atoms with van der Waals surface area (Å²) in [6, 6.07) is 3.11. The summed E-state index contributed by atoms with van der Waals surface area (Å²) in [6.45, 7) is 4.81. The van der Waals surface area contributed by atoms with Crippen molar-refractivity contribution in [3.8, 4) is 0 Å². The summed E-state index contributed by atoms with van der Waals surface area (Å²) in [5.74, 6) is -1.32. The number of nitrogens with zero attached hydrogens (tertiary/aromatic N) is 3. The quantitative estimate of drug-likeness (QED) is 0.445. The normalized spacial score (nSPS) is 21.7. The van der Waals surface area contributed by atoms with Crippen LogP contribution in [0.15, 0.2) is 18.2 Å². The second kappa shape index (κ2) is 6.35. The van der Waals surface area contributed by atoms with Gasteiger partial charge in [-0.2, -0.15) is 5.01 Å². The van der Waals surface area contributed by atoms with Gasteiger partial charge in [0.05, 0.1) is 11.3 Å². The molecule has 11 heteroatoms. The minimum atomic E-state index is -1.17. The van der Waals surface area contributed by atoms with Gasteiger partial charge in [-0.25, -0.2) is 5.01 Å². The van der Waals surface area contributed by atoms with Crippen LogP contribution < -0.4 is 10.6 Å². The molecule has 142 valence electrons. The number of aryl methyl sites for hydroxylation is 1. The minimum Gasteiger partial charge on any atom is -0.324 e. The van der Waals surface area contributed by atoms with Crippen molar-refractivity contribution < 1.29 is 19.3 Å². The Labute approximate surface area is 159 Å². The molecule has 1 aromatic rings. The lowest BCUT2D eigenvalue weighted by atomic mass is 10.00. The maximum Gasteiger partial charge on any atom is 0.269 e. The fraction of sp³-hybridized carbons (Fsp3) is 0.375. The highest BCUT2D eigenvalue weighted by Gasteiger charge is 2.56. The van der Waals surface area contributed by atoms with Crippen molar-refractivity contribution in [2.75, 3.05) is 5.32 Å². The van der Waals surface area contributed by atoms with Gasteiger partial charge in [0.15, 0.2) is 5.11 Å². The third-order valence-electron chi connectivity index (χ3n) is 4.64. The summed E-state index contributed by atoms with van der Waals surface area (Å²) in [5, 5.41) is 18.5. The van der Waals surface area contributed by atoms with E-state index in [0.29, 0.717) is 11.3 Å². The van der Waals surface area contributed by atoms with E-state index in [1.54, 1.807) is 20.8 Å². The van der Waals surface area contributed by atoms with Crippen molar-refractivity contribution in [3.63, 3.8) is 0 Å². The van der Waals surface area contributed by atoms with E-state index >= 15 is 0 Å². The Morgan fingerprint density at radius 3 is 2.67 bits per heavy atom. The Kier molecular flexibility index (Phi) is 4.44. The summed E-state index contributed by atoms with van der Waals surface area (Å²) < 4.78 is 0. The number of carbonyl (C=O) groups is 3. The number of nitrogens with one attached hydrogen (secondary N) is 2. The molecule has 0 aromatic heterocycles.